The van der Waals surface area contributed by atoms with Gasteiger partial charge >= 0.3 is 0 Å². The van der Waals surface area contributed by atoms with Crippen molar-refractivity contribution in [3.8, 4) is 5.75 Å². The molecule has 5 heteroatoms. The summed E-state index contributed by atoms with van der Waals surface area (Å²) in [6.45, 7) is 1.75. The summed E-state index contributed by atoms with van der Waals surface area (Å²) in [5.74, 6) is 0.0637. The molecule has 1 heterocycles. The lowest BCUT2D eigenvalue weighted by Gasteiger charge is -1.86. The second-order valence-corrected chi connectivity index (χ2v) is 1.80. The summed E-state index contributed by atoms with van der Waals surface area (Å²) in [5.41, 5.74) is 0.420. The van der Waals surface area contributed by atoms with Crippen molar-refractivity contribution < 1.29 is 5.11 Å². The van der Waals surface area contributed by atoms with Crippen molar-refractivity contribution in [1.82, 2.24) is 10.2 Å². The quantitative estimate of drug-likeness (QED) is 0.440. The summed E-state index contributed by atoms with van der Waals surface area (Å²) >= 11 is 0. The fraction of sp³-hybridized carbons (Fsp3) is 0.167. The van der Waals surface area contributed by atoms with Crippen molar-refractivity contribution in [2.45, 2.75) is 6.92 Å². The van der Waals surface area contributed by atoms with Crippen LogP contribution in [0.1, 0.15) is 6.92 Å². The first kappa shape index (κ1) is 7.46. The Labute approximate surface area is 63.1 Å². The maximum atomic E-state index is 8.92. The van der Waals surface area contributed by atoms with Gasteiger partial charge in [-0.15, -0.1) is 5.10 Å². The molecular formula is C6H8N4O. The molecule has 0 aliphatic rings. The van der Waals surface area contributed by atoms with E-state index in [4.69, 9.17) is 5.11 Å². The van der Waals surface area contributed by atoms with Gasteiger partial charge in [-0.3, -0.25) is 5.10 Å². The van der Waals surface area contributed by atoms with E-state index in [2.05, 4.69) is 20.4 Å². The molecule has 1 aromatic rings. The largest absolute Gasteiger partial charge is 0.506 e. The fourth-order valence-corrected chi connectivity index (χ4v) is 0.545. The van der Waals surface area contributed by atoms with E-state index in [1.807, 2.05) is 0 Å². The van der Waals surface area contributed by atoms with Crippen LogP contribution >= 0.6 is 0 Å². The second-order valence-electron chi connectivity index (χ2n) is 1.80. The molecule has 0 aromatic carbocycles. The predicted octanol–water partition coefficient (Wildman–Crippen LogP) is 0.0217. The number of aromatic nitrogens is 2. The van der Waals surface area contributed by atoms with Crippen LogP contribution in [0.3, 0.4) is 0 Å². The van der Waals surface area contributed by atoms with Gasteiger partial charge in [0, 0.05) is 12.3 Å². The average Bonchev–Trinajstić information content (AvgIpc) is 2.01. The fourth-order valence-electron chi connectivity index (χ4n) is 0.545. The summed E-state index contributed by atoms with van der Waals surface area (Å²) in [4.78, 5) is 0. The highest BCUT2D eigenvalue weighted by molar-refractivity contribution is 5.52. The van der Waals surface area contributed by atoms with Gasteiger partial charge in [0.1, 0.15) is 5.75 Å². The molecule has 0 spiro atoms. The van der Waals surface area contributed by atoms with Crippen molar-refractivity contribution in [1.29, 1.82) is 0 Å². The standard InChI is InChI=1S/C6H8N4O/c1-2-7-9-6-3-5(11)4-8-10-6/h2-4H,1H3,(H2,9,10,11)/b7-2-. The number of rotatable bonds is 1. The molecule has 0 amide bonds. The van der Waals surface area contributed by atoms with Gasteiger partial charge in [0.25, 0.3) is 0 Å². The maximum Gasteiger partial charge on any atom is 0.172 e. The molecule has 2 N–H and O–H groups in total. The minimum Gasteiger partial charge on any atom is -0.506 e. The number of H-pyrrole nitrogens is 1. The smallest absolute Gasteiger partial charge is 0.172 e. The highest BCUT2D eigenvalue weighted by atomic mass is 16.3. The molecule has 0 atom stereocenters. The van der Waals surface area contributed by atoms with E-state index in [0.717, 1.165) is 0 Å². The Bertz CT molecular complexity index is 314. The summed E-state index contributed by atoms with van der Waals surface area (Å²) in [5, 5.41) is 22.3. The van der Waals surface area contributed by atoms with Gasteiger partial charge < -0.3 is 5.11 Å². The second kappa shape index (κ2) is 3.50. The monoisotopic (exact) mass is 152 g/mol. The van der Waals surface area contributed by atoms with E-state index in [9.17, 15) is 0 Å². The van der Waals surface area contributed by atoms with Crippen molar-refractivity contribution >= 4 is 6.21 Å². The third kappa shape index (κ3) is 2.21. The van der Waals surface area contributed by atoms with Gasteiger partial charge in [0.05, 0.1) is 6.20 Å². The minimum atomic E-state index is 0.0637. The molecule has 58 valence electrons. The average molecular weight is 152 g/mol. The summed E-state index contributed by atoms with van der Waals surface area (Å²) in [7, 11) is 0. The van der Waals surface area contributed by atoms with Crippen LogP contribution in [-0.4, -0.2) is 21.5 Å². The van der Waals surface area contributed by atoms with Crippen LogP contribution in [0.25, 0.3) is 0 Å². The number of nitrogens with zero attached hydrogens (tertiary/aromatic N) is 3. The highest BCUT2D eigenvalue weighted by Gasteiger charge is 1.84. The van der Waals surface area contributed by atoms with E-state index < -0.39 is 0 Å². The van der Waals surface area contributed by atoms with Crippen LogP contribution in [-0.2, 0) is 0 Å². The zero-order valence-corrected chi connectivity index (χ0v) is 6.02. The topological polar surface area (TPSA) is 73.6 Å². The molecule has 0 saturated carbocycles. The zero-order chi connectivity index (χ0) is 8.10. The molecule has 0 radical (unpaired) electrons. The molecule has 0 aliphatic heterocycles. The number of hydrogen-bond acceptors (Lipinski definition) is 4. The van der Waals surface area contributed by atoms with Crippen LogP contribution < -0.4 is 5.49 Å². The minimum absolute atomic E-state index is 0.0637. The highest BCUT2D eigenvalue weighted by Crippen LogP contribution is 1.95. The maximum absolute atomic E-state index is 8.92. The first-order valence-electron chi connectivity index (χ1n) is 3.08. The Balaban J connectivity index is 3.04. The molecule has 1 rings (SSSR count). The van der Waals surface area contributed by atoms with E-state index in [1.165, 1.54) is 18.5 Å². The number of aromatic hydroxyl groups is 1. The molecule has 11 heavy (non-hydrogen) atoms. The number of aromatic amines is 1. The van der Waals surface area contributed by atoms with E-state index >= 15 is 0 Å². The Hall–Kier alpha value is -1.65. The molecule has 0 aliphatic carbocycles. The van der Waals surface area contributed by atoms with Crippen molar-refractivity contribution in [2.24, 2.45) is 10.2 Å². The first-order valence-corrected chi connectivity index (χ1v) is 3.08. The number of hydrogen-bond donors (Lipinski definition) is 2. The van der Waals surface area contributed by atoms with Gasteiger partial charge in [-0.25, -0.2) is 0 Å². The van der Waals surface area contributed by atoms with E-state index in [1.54, 1.807) is 6.92 Å². The van der Waals surface area contributed by atoms with Crippen molar-refractivity contribution in [2.75, 3.05) is 0 Å². The Kier molecular flexibility index (Phi) is 2.37. The van der Waals surface area contributed by atoms with Gasteiger partial charge in [-0.05, 0) is 6.92 Å². The van der Waals surface area contributed by atoms with Crippen LogP contribution in [0, 0.1) is 0 Å². The summed E-state index contributed by atoms with van der Waals surface area (Å²) < 4.78 is 0. The molecule has 1 aromatic heterocycles. The lowest BCUT2D eigenvalue weighted by Crippen LogP contribution is -2.06. The van der Waals surface area contributed by atoms with E-state index in [-0.39, 0.29) is 5.75 Å². The molecular weight excluding hydrogens is 144 g/mol. The van der Waals surface area contributed by atoms with Crippen molar-refractivity contribution in [3.63, 3.8) is 0 Å². The third-order valence-corrected chi connectivity index (χ3v) is 0.941. The van der Waals surface area contributed by atoms with Crippen LogP contribution in [0.15, 0.2) is 22.5 Å². The Morgan fingerprint density at radius 3 is 3.18 bits per heavy atom. The predicted molar refractivity (Wildman–Crippen MR) is 40.0 cm³/mol. The molecule has 5 nitrogen and oxygen atoms in total. The Morgan fingerprint density at radius 1 is 1.73 bits per heavy atom. The molecule has 0 unspecified atom stereocenters. The van der Waals surface area contributed by atoms with Crippen molar-refractivity contribution in [3.05, 3.63) is 17.8 Å². The van der Waals surface area contributed by atoms with Gasteiger partial charge in [0.15, 0.2) is 5.49 Å². The first-order chi connectivity index (χ1) is 5.33. The lowest BCUT2D eigenvalue weighted by atomic mass is 10.5. The van der Waals surface area contributed by atoms with Crippen LogP contribution in [0.2, 0.25) is 0 Å². The SMILES string of the molecule is C/C=N\N=c1\cc(O)cn[nH]1. The van der Waals surface area contributed by atoms with Gasteiger partial charge in [0.2, 0.25) is 0 Å². The normalized spacial score (nSPS) is 12.6. The van der Waals surface area contributed by atoms with Gasteiger partial charge in [-0.2, -0.15) is 10.2 Å². The molecule has 0 fully saturated rings. The zero-order valence-electron chi connectivity index (χ0n) is 6.02. The molecule has 0 bridgehead atoms. The summed E-state index contributed by atoms with van der Waals surface area (Å²) in [6.07, 6.45) is 2.83. The molecule has 0 saturated heterocycles. The van der Waals surface area contributed by atoms with E-state index in [0.29, 0.717) is 5.49 Å². The summed E-state index contributed by atoms with van der Waals surface area (Å²) in [6, 6.07) is 1.43. The number of nitrogens with one attached hydrogen (secondary N) is 1. The van der Waals surface area contributed by atoms with Gasteiger partial charge in [-0.1, -0.05) is 0 Å². The lowest BCUT2D eigenvalue weighted by molar-refractivity contribution is 0.469. The third-order valence-electron chi connectivity index (χ3n) is 0.941. The van der Waals surface area contributed by atoms with Crippen LogP contribution in [0.5, 0.6) is 5.75 Å². The van der Waals surface area contributed by atoms with Crippen LogP contribution in [0.4, 0.5) is 0 Å². The Morgan fingerprint density at radius 2 is 2.55 bits per heavy atom.